The van der Waals surface area contributed by atoms with Crippen molar-refractivity contribution in [2.45, 2.75) is 13.8 Å². The number of ether oxygens (including phenoxy) is 1. The Kier molecular flexibility index (Phi) is 6.27. The van der Waals surface area contributed by atoms with Gasteiger partial charge in [-0.3, -0.25) is 9.59 Å². The summed E-state index contributed by atoms with van der Waals surface area (Å²) in [6, 6.07) is 20.6. The van der Waals surface area contributed by atoms with Crippen LogP contribution in [0.2, 0.25) is 0 Å². The molecule has 0 fully saturated rings. The quantitative estimate of drug-likeness (QED) is 0.667. The van der Waals surface area contributed by atoms with Crippen LogP contribution in [0.5, 0.6) is 5.75 Å². The first kappa shape index (κ1) is 19.4. The molecular weight excluding hydrogens is 352 g/mol. The van der Waals surface area contributed by atoms with E-state index in [1.165, 1.54) is 0 Å². The summed E-state index contributed by atoms with van der Waals surface area (Å²) >= 11 is 0. The Bertz CT molecular complexity index is 963. The molecule has 0 atom stereocenters. The number of rotatable bonds is 7. The van der Waals surface area contributed by atoms with Crippen molar-refractivity contribution in [1.82, 2.24) is 4.90 Å². The van der Waals surface area contributed by atoms with Gasteiger partial charge in [-0.25, -0.2) is 0 Å². The summed E-state index contributed by atoms with van der Waals surface area (Å²) in [6.45, 7) is 5.15. The van der Waals surface area contributed by atoms with E-state index >= 15 is 0 Å². The highest BCUT2D eigenvalue weighted by atomic mass is 16.5. The summed E-state index contributed by atoms with van der Waals surface area (Å²) in [4.78, 5) is 26.2. The number of fused-ring (bicyclic) bond motifs is 1. The van der Waals surface area contributed by atoms with Gasteiger partial charge in [-0.05, 0) is 61.0 Å². The van der Waals surface area contributed by atoms with Crippen molar-refractivity contribution in [3.8, 4) is 5.75 Å². The molecule has 0 saturated carbocycles. The highest BCUT2D eigenvalue weighted by Crippen LogP contribution is 2.20. The first-order valence-electron chi connectivity index (χ1n) is 9.41. The molecule has 2 amide bonds. The summed E-state index contributed by atoms with van der Waals surface area (Å²) in [5.41, 5.74) is 1.23. The van der Waals surface area contributed by atoms with Gasteiger partial charge in [-0.15, -0.1) is 0 Å². The molecule has 1 N–H and O–H groups in total. The van der Waals surface area contributed by atoms with Gasteiger partial charge in [0, 0.05) is 24.3 Å². The third-order valence-electron chi connectivity index (χ3n) is 4.56. The van der Waals surface area contributed by atoms with E-state index in [1.54, 1.807) is 29.2 Å². The first-order valence-corrected chi connectivity index (χ1v) is 9.41. The van der Waals surface area contributed by atoms with Gasteiger partial charge in [0.1, 0.15) is 5.75 Å². The molecule has 0 aliphatic rings. The van der Waals surface area contributed by atoms with Gasteiger partial charge in [0.2, 0.25) is 0 Å². The number of carbonyl (C=O) groups is 2. The first-order chi connectivity index (χ1) is 13.6. The van der Waals surface area contributed by atoms with Crippen molar-refractivity contribution < 1.29 is 14.3 Å². The normalized spacial score (nSPS) is 10.5. The Labute approximate surface area is 164 Å². The molecule has 5 heteroatoms. The predicted molar refractivity (Wildman–Crippen MR) is 112 cm³/mol. The molecule has 0 bridgehead atoms. The molecule has 144 valence electrons. The van der Waals surface area contributed by atoms with E-state index < -0.39 is 0 Å². The fourth-order valence-electron chi connectivity index (χ4n) is 2.99. The van der Waals surface area contributed by atoms with Crippen LogP contribution >= 0.6 is 0 Å². The van der Waals surface area contributed by atoms with Crippen molar-refractivity contribution in [1.29, 1.82) is 0 Å². The zero-order valence-corrected chi connectivity index (χ0v) is 16.1. The van der Waals surface area contributed by atoms with Crippen molar-refractivity contribution in [2.75, 3.05) is 25.0 Å². The largest absolute Gasteiger partial charge is 0.484 e. The minimum absolute atomic E-state index is 0.0116. The summed E-state index contributed by atoms with van der Waals surface area (Å²) in [5, 5.41) is 4.97. The second-order valence-corrected chi connectivity index (χ2v) is 6.40. The second-order valence-electron chi connectivity index (χ2n) is 6.40. The molecule has 0 radical (unpaired) electrons. The maximum absolute atomic E-state index is 12.3. The van der Waals surface area contributed by atoms with Crippen LogP contribution < -0.4 is 10.1 Å². The number of nitrogens with one attached hydrogen (secondary N) is 1. The lowest BCUT2D eigenvalue weighted by Crippen LogP contribution is -2.30. The molecule has 0 heterocycles. The Morgan fingerprint density at radius 1 is 0.893 bits per heavy atom. The van der Waals surface area contributed by atoms with Crippen molar-refractivity contribution in [2.24, 2.45) is 0 Å². The average molecular weight is 376 g/mol. The Hall–Kier alpha value is -3.34. The molecule has 0 aliphatic heterocycles. The summed E-state index contributed by atoms with van der Waals surface area (Å²) < 4.78 is 5.60. The molecule has 3 aromatic carbocycles. The highest BCUT2D eigenvalue weighted by Gasteiger charge is 2.12. The molecule has 0 spiro atoms. The molecule has 28 heavy (non-hydrogen) atoms. The number of hydrogen-bond donors (Lipinski definition) is 1. The molecule has 3 rings (SSSR count). The monoisotopic (exact) mass is 376 g/mol. The summed E-state index contributed by atoms with van der Waals surface area (Å²) in [6.07, 6.45) is 0. The van der Waals surface area contributed by atoms with Gasteiger partial charge in [-0.2, -0.15) is 0 Å². The van der Waals surface area contributed by atoms with E-state index in [0.717, 1.165) is 10.8 Å². The van der Waals surface area contributed by atoms with Gasteiger partial charge >= 0.3 is 0 Å². The van der Waals surface area contributed by atoms with Crippen LogP contribution in [0.3, 0.4) is 0 Å². The summed E-state index contributed by atoms with van der Waals surface area (Å²) in [7, 11) is 0. The minimum Gasteiger partial charge on any atom is -0.484 e. The van der Waals surface area contributed by atoms with Gasteiger partial charge in [0.05, 0.1) is 0 Å². The van der Waals surface area contributed by atoms with E-state index in [0.29, 0.717) is 30.1 Å². The van der Waals surface area contributed by atoms with Gasteiger partial charge in [0.25, 0.3) is 11.8 Å². The number of amides is 2. The Balaban J connectivity index is 1.56. The predicted octanol–water partition coefficient (Wildman–Crippen LogP) is 4.34. The molecular formula is C23H24N2O3. The fraction of sp³-hybridized carbons (Fsp3) is 0.217. The topological polar surface area (TPSA) is 58.6 Å². The smallest absolute Gasteiger partial charge is 0.262 e. The molecule has 0 saturated heterocycles. The molecule has 5 nitrogen and oxygen atoms in total. The maximum atomic E-state index is 12.3. The van der Waals surface area contributed by atoms with Crippen LogP contribution in [0.4, 0.5) is 5.69 Å². The molecule has 0 aromatic heterocycles. The van der Waals surface area contributed by atoms with Crippen LogP contribution in [-0.2, 0) is 4.79 Å². The van der Waals surface area contributed by atoms with E-state index in [4.69, 9.17) is 4.74 Å². The standard InChI is InChI=1S/C23H24N2O3/c1-3-25(4-2)23(27)18-9-12-20(13-10-18)24-22(26)16-28-21-14-11-17-7-5-6-8-19(17)15-21/h5-15H,3-4,16H2,1-2H3,(H,24,26). The molecule has 3 aromatic rings. The van der Waals surface area contributed by atoms with Gasteiger partial charge in [-0.1, -0.05) is 30.3 Å². The fourth-order valence-corrected chi connectivity index (χ4v) is 2.99. The van der Waals surface area contributed by atoms with Crippen molar-refractivity contribution >= 4 is 28.3 Å². The lowest BCUT2D eigenvalue weighted by Gasteiger charge is -2.18. The van der Waals surface area contributed by atoms with Crippen LogP contribution in [0.1, 0.15) is 24.2 Å². The van der Waals surface area contributed by atoms with Crippen LogP contribution in [-0.4, -0.2) is 36.4 Å². The third kappa shape index (κ3) is 4.68. The highest BCUT2D eigenvalue weighted by molar-refractivity contribution is 5.96. The lowest BCUT2D eigenvalue weighted by atomic mass is 10.1. The molecule has 0 unspecified atom stereocenters. The number of anilines is 1. The lowest BCUT2D eigenvalue weighted by molar-refractivity contribution is -0.118. The Morgan fingerprint density at radius 2 is 1.57 bits per heavy atom. The SMILES string of the molecule is CCN(CC)C(=O)c1ccc(NC(=O)COc2ccc3ccccc3c2)cc1. The minimum atomic E-state index is -0.254. The number of benzene rings is 3. The van der Waals surface area contributed by atoms with Crippen LogP contribution in [0.25, 0.3) is 10.8 Å². The van der Waals surface area contributed by atoms with Crippen molar-refractivity contribution in [3.05, 3.63) is 72.3 Å². The van der Waals surface area contributed by atoms with E-state index in [9.17, 15) is 9.59 Å². The van der Waals surface area contributed by atoms with E-state index in [2.05, 4.69) is 5.32 Å². The van der Waals surface area contributed by atoms with Crippen molar-refractivity contribution in [3.63, 3.8) is 0 Å². The Morgan fingerprint density at radius 3 is 2.25 bits per heavy atom. The zero-order valence-electron chi connectivity index (χ0n) is 16.1. The second kappa shape index (κ2) is 9.04. The molecule has 0 aliphatic carbocycles. The third-order valence-corrected chi connectivity index (χ3v) is 4.56. The van der Waals surface area contributed by atoms with Crippen LogP contribution in [0.15, 0.2) is 66.7 Å². The van der Waals surface area contributed by atoms with E-state index in [-0.39, 0.29) is 18.4 Å². The summed E-state index contributed by atoms with van der Waals surface area (Å²) in [5.74, 6) is 0.382. The number of nitrogens with zero attached hydrogens (tertiary/aromatic N) is 1. The average Bonchev–Trinajstić information content (AvgIpc) is 2.73. The van der Waals surface area contributed by atoms with Crippen LogP contribution in [0, 0.1) is 0 Å². The zero-order chi connectivity index (χ0) is 19.9. The van der Waals surface area contributed by atoms with E-state index in [1.807, 2.05) is 56.3 Å². The van der Waals surface area contributed by atoms with Gasteiger partial charge < -0.3 is 15.0 Å². The van der Waals surface area contributed by atoms with Gasteiger partial charge in [0.15, 0.2) is 6.61 Å². The maximum Gasteiger partial charge on any atom is 0.262 e. The number of hydrogen-bond acceptors (Lipinski definition) is 3. The number of carbonyl (C=O) groups excluding carboxylic acids is 2.